The zero-order valence-electron chi connectivity index (χ0n) is 18.9. The van der Waals surface area contributed by atoms with Gasteiger partial charge in [0.05, 0.1) is 29.4 Å². The molecule has 0 aliphatic carbocycles. The lowest BCUT2D eigenvalue weighted by Gasteiger charge is -2.35. The minimum absolute atomic E-state index is 0.186. The van der Waals surface area contributed by atoms with E-state index < -0.39 is 11.9 Å². The van der Waals surface area contributed by atoms with E-state index in [9.17, 15) is 9.59 Å². The van der Waals surface area contributed by atoms with Gasteiger partial charge in [0.2, 0.25) is 0 Å². The fourth-order valence-electron chi connectivity index (χ4n) is 4.36. The Labute approximate surface area is 198 Å². The van der Waals surface area contributed by atoms with E-state index in [-0.39, 0.29) is 19.2 Å². The molecule has 2 heterocycles. The van der Waals surface area contributed by atoms with Crippen molar-refractivity contribution >= 4 is 23.7 Å². The van der Waals surface area contributed by atoms with Gasteiger partial charge in [0.15, 0.2) is 0 Å². The average molecular weight is 462 g/mol. The van der Waals surface area contributed by atoms with Crippen LogP contribution in [0.15, 0.2) is 94.7 Å². The molecular weight excluding hydrogens is 434 g/mol. The van der Waals surface area contributed by atoms with Gasteiger partial charge in [-0.3, -0.25) is 0 Å². The largest absolute Gasteiger partial charge is 0.463 e. The number of allylic oxidation sites excluding steroid dienone is 1. The first kappa shape index (κ1) is 22.9. The van der Waals surface area contributed by atoms with Crippen molar-refractivity contribution in [3.63, 3.8) is 0 Å². The number of cyclic esters (lactones) is 1. The monoisotopic (exact) mass is 461 g/mol. The number of thioether (sulfide) groups is 1. The summed E-state index contributed by atoms with van der Waals surface area (Å²) in [6.45, 7) is 8.44. The van der Waals surface area contributed by atoms with Crippen molar-refractivity contribution < 1.29 is 19.1 Å². The third-order valence-electron chi connectivity index (χ3n) is 5.84. The predicted molar refractivity (Wildman–Crippen MR) is 129 cm³/mol. The SMILES string of the molecule is C=CCN1C(C)=C(C(=O)OCC)C(c2ccccc2SCc2ccccc2)C2=C1COC2=O. The molecule has 4 rings (SSSR count). The molecule has 2 aromatic carbocycles. The zero-order chi connectivity index (χ0) is 23.4. The number of hydrogen-bond donors (Lipinski definition) is 0. The Morgan fingerprint density at radius 3 is 2.67 bits per heavy atom. The highest BCUT2D eigenvalue weighted by Gasteiger charge is 2.45. The normalized spacial score (nSPS) is 17.7. The first-order valence-corrected chi connectivity index (χ1v) is 12.0. The van der Waals surface area contributed by atoms with Crippen LogP contribution in [0.5, 0.6) is 0 Å². The van der Waals surface area contributed by atoms with Gasteiger partial charge in [0.1, 0.15) is 6.61 Å². The number of ether oxygens (including phenoxy) is 2. The second-order valence-electron chi connectivity index (χ2n) is 7.80. The molecule has 170 valence electrons. The van der Waals surface area contributed by atoms with E-state index in [1.165, 1.54) is 5.56 Å². The molecular formula is C27H27NO4S. The number of nitrogens with zero attached hydrogens (tertiary/aromatic N) is 1. The molecule has 6 heteroatoms. The van der Waals surface area contributed by atoms with Gasteiger partial charge in [-0.2, -0.15) is 0 Å². The molecule has 5 nitrogen and oxygen atoms in total. The van der Waals surface area contributed by atoms with Crippen LogP contribution in [-0.2, 0) is 24.8 Å². The summed E-state index contributed by atoms with van der Waals surface area (Å²) in [5, 5.41) is 0. The molecule has 1 atom stereocenters. The summed E-state index contributed by atoms with van der Waals surface area (Å²) < 4.78 is 10.9. The fourth-order valence-corrected chi connectivity index (χ4v) is 5.41. The standard InChI is InChI=1S/C27H27NO4S/c1-4-15-28-18(3)23(26(29)31-5-2)24(25-21(28)16-32-27(25)30)20-13-9-10-14-22(20)33-17-19-11-7-6-8-12-19/h4,6-14,24H,1,5,15-17H2,2-3H3. The summed E-state index contributed by atoms with van der Waals surface area (Å²) in [7, 11) is 0. The number of benzene rings is 2. The van der Waals surface area contributed by atoms with E-state index in [1.54, 1.807) is 24.8 Å². The number of carbonyl (C=O) groups excluding carboxylic acids is 2. The third-order valence-corrected chi connectivity index (χ3v) is 7.00. The Balaban J connectivity index is 1.82. The smallest absolute Gasteiger partial charge is 0.337 e. The minimum Gasteiger partial charge on any atom is -0.463 e. The van der Waals surface area contributed by atoms with Crippen LogP contribution in [0.1, 0.15) is 30.9 Å². The molecule has 0 bridgehead atoms. The lowest BCUT2D eigenvalue weighted by molar-refractivity contribution is -0.139. The van der Waals surface area contributed by atoms with E-state index >= 15 is 0 Å². The predicted octanol–water partition coefficient (Wildman–Crippen LogP) is 5.21. The maximum Gasteiger partial charge on any atom is 0.337 e. The summed E-state index contributed by atoms with van der Waals surface area (Å²) in [6, 6.07) is 18.2. The number of rotatable bonds is 8. The van der Waals surface area contributed by atoms with Crippen molar-refractivity contribution in [2.24, 2.45) is 0 Å². The number of esters is 2. The zero-order valence-corrected chi connectivity index (χ0v) is 19.7. The lowest BCUT2D eigenvalue weighted by atomic mass is 9.80. The summed E-state index contributed by atoms with van der Waals surface area (Å²) >= 11 is 1.69. The van der Waals surface area contributed by atoms with Gasteiger partial charge in [0, 0.05) is 22.9 Å². The van der Waals surface area contributed by atoms with Gasteiger partial charge >= 0.3 is 11.9 Å². The Morgan fingerprint density at radius 1 is 1.21 bits per heavy atom. The van der Waals surface area contributed by atoms with Crippen LogP contribution in [0, 0.1) is 0 Å². The van der Waals surface area contributed by atoms with Crippen LogP contribution in [0.4, 0.5) is 0 Å². The highest BCUT2D eigenvalue weighted by molar-refractivity contribution is 7.98. The van der Waals surface area contributed by atoms with E-state index in [2.05, 4.69) is 18.7 Å². The molecule has 0 saturated heterocycles. The van der Waals surface area contributed by atoms with Gasteiger partial charge in [-0.1, -0.05) is 54.6 Å². The molecule has 0 saturated carbocycles. The van der Waals surface area contributed by atoms with Crippen LogP contribution in [0.2, 0.25) is 0 Å². The van der Waals surface area contributed by atoms with E-state index in [1.807, 2.05) is 54.3 Å². The Morgan fingerprint density at radius 2 is 1.94 bits per heavy atom. The first-order chi connectivity index (χ1) is 16.1. The van der Waals surface area contributed by atoms with Gasteiger partial charge < -0.3 is 14.4 Å². The van der Waals surface area contributed by atoms with Crippen molar-refractivity contribution in [1.82, 2.24) is 4.90 Å². The first-order valence-electron chi connectivity index (χ1n) is 11.0. The van der Waals surface area contributed by atoms with Crippen LogP contribution in [0.25, 0.3) is 0 Å². The second kappa shape index (κ2) is 10.1. The van der Waals surface area contributed by atoms with Gasteiger partial charge in [-0.05, 0) is 31.0 Å². The minimum atomic E-state index is -0.547. The van der Waals surface area contributed by atoms with Crippen LogP contribution < -0.4 is 0 Å². The summed E-state index contributed by atoms with van der Waals surface area (Å²) in [4.78, 5) is 29.1. The van der Waals surface area contributed by atoms with E-state index in [0.29, 0.717) is 17.7 Å². The lowest BCUT2D eigenvalue weighted by Crippen LogP contribution is -2.34. The maximum atomic E-state index is 13.2. The molecule has 0 N–H and O–H groups in total. The van der Waals surface area contributed by atoms with Crippen LogP contribution in [0.3, 0.4) is 0 Å². The molecule has 33 heavy (non-hydrogen) atoms. The van der Waals surface area contributed by atoms with Crippen molar-refractivity contribution in [3.8, 4) is 0 Å². The molecule has 0 spiro atoms. The van der Waals surface area contributed by atoms with Crippen LogP contribution in [-0.4, -0.2) is 36.6 Å². The second-order valence-corrected chi connectivity index (χ2v) is 8.82. The molecule has 2 aliphatic rings. The highest BCUT2D eigenvalue weighted by Crippen LogP contribution is 2.47. The quantitative estimate of drug-likeness (QED) is 0.306. The molecule has 2 aliphatic heterocycles. The molecule has 0 radical (unpaired) electrons. The summed E-state index contributed by atoms with van der Waals surface area (Å²) in [5.41, 5.74) is 4.65. The average Bonchev–Trinajstić information content (AvgIpc) is 3.21. The Kier molecular flexibility index (Phi) is 7.04. The van der Waals surface area contributed by atoms with E-state index in [0.717, 1.165) is 27.6 Å². The third kappa shape index (κ3) is 4.48. The summed E-state index contributed by atoms with van der Waals surface area (Å²) in [6.07, 6.45) is 1.75. The van der Waals surface area contributed by atoms with Crippen LogP contribution >= 0.6 is 11.8 Å². The Hall–Kier alpha value is -3.25. The molecule has 0 fully saturated rings. The highest BCUT2D eigenvalue weighted by atomic mass is 32.2. The number of hydrogen-bond acceptors (Lipinski definition) is 6. The van der Waals surface area contributed by atoms with E-state index in [4.69, 9.17) is 9.47 Å². The van der Waals surface area contributed by atoms with Crippen molar-refractivity contribution in [2.45, 2.75) is 30.4 Å². The molecule has 0 aromatic heterocycles. The molecule has 0 amide bonds. The Bertz CT molecular complexity index is 1140. The van der Waals surface area contributed by atoms with Crippen molar-refractivity contribution in [2.75, 3.05) is 19.8 Å². The van der Waals surface area contributed by atoms with Gasteiger partial charge in [-0.15, -0.1) is 18.3 Å². The summed E-state index contributed by atoms with van der Waals surface area (Å²) in [5.74, 6) is -0.569. The van der Waals surface area contributed by atoms with Crippen molar-refractivity contribution in [3.05, 3.63) is 101 Å². The fraction of sp³-hybridized carbons (Fsp3) is 0.259. The number of carbonyl (C=O) groups is 2. The molecule has 2 aromatic rings. The topological polar surface area (TPSA) is 55.8 Å². The van der Waals surface area contributed by atoms with Gasteiger partial charge in [0.25, 0.3) is 0 Å². The molecule has 1 unspecified atom stereocenters. The maximum absolute atomic E-state index is 13.2. The van der Waals surface area contributed by atoms with Crippen molar-refractivity contribution in [1.29, 1.82) is 0 Å². The van der Waals surface area contributed by atoms with Gasteiger partial charge in [-0.25, -0.2) is 9.59 Å².